The summed E-state index contributed by atoms with van der Waals surface area (Å²) in [6.07, 6.45) is 0.826. The molecule has 1 fully saturated rings. The highest BCUT2D eigenvalue weighted by Gasteiger charge is 2.36. The first-order chi connectivity index (χ1) is 9.96. The number of carbonyl (C=O) groups excluding carboxylic acids is 2. The van der Waals surface area contributed by atoms with Crippen molar-refractivity contribution >= 4 is 33.4 Å². The lowest BCUT2D eigenvalue weighted by molar-refractivity contribution is -0.132. The highest BCUT2D eigenvalue weighted by Crippen LogP contribution is 2.29. The summed E-state index contributed by atoms with van der Waals surface area (Å²) < 4.78 is 6.02. The zero-order valence-corrected chi connectivity index (χ0v) is 13.9. The van der Waals surface area contributed by atoms with Gasteiger partial charge in [-0.3, -0.25) is 9.59 Å². The third-order valence-corrected chi connectivity index (χ3v) is 4.22. The molecule has 2 unspecified atom stereocenters. The van der Waals surface area contributed by atoms with Crippen LogP contribution in [0.2, 0.25) is 0 Å². The first kappa shape index (κ1) is 15.8. The Bertz CT molecular complexity index is 562. The Morgan fingerprint density at radius 2 is 2.14 bits per heavy atom. The zero-order valence-electron chi connectivity index (χ0n) is 12.4. The van der Waals surface area contributed by atoms with Crippen molar-refractivity contribution in [2.75, 3.05) is 18.6 Å². The second-order valence-corrected chi connectivity index (χ2v) is 6.12. The van der Waals surface area contributed by atoms with E-state index in [-0.39, 0.29) is 24.3 Å². The van der Waals surface area contributed by atoms with E-state index in [9.17, 15) is 9.59 Å². The van der Waals surface area contributed by atoms with Crippen LogP contribution < -0.4 is 15.0 Å². The number of piperazine rings is 1. The zero-order chi connectivity index (χ0) is 15.6. The smallest absolute Gasteiger partial charge is 0.250 e. The number of hydrogen-bond acceptors (Lipinski definition) is 3. The van der Waals surface area contributed by atoms with Gasteiger partial charge in [-0.15, -0.1) is 0 Å². The molecule has 6 heteroatoms. The van der Waals surface area contributed by atoms with E-state index >= 15 is 0 Å². The minimum atomic E-state index is -0.471. The van der Waals surface area contributed by atoms with E-state index in [0.29, 0.717) is 11.4 Å². The van der Waals surface area contributed by atoms with Crippen LogP contribution in [0.5, 0.6) is 5.75 Å². The van der Waals surface area contributed by atoms with Gasteiger partial charge in [0.15, 0.2) is 0 Å². The second kappa shape index (κ2) is 6.47. The first-order valence-electron chi connectivity index (χ1n) is 6.91. The third-order valence-electron chi connectivity index (χ3n) is 3.77. The minimum absolute atomic E-state index is 0.0331. The minimum Gasteiger partial charge on any atom is -0.497 e. The Kier molecular flexibility index (Phi) is 4.88. The molecule has 1 N–H and O–H groups in total. The molecule has 1 aromatic carbocycles. The van der Waals surface area contributed by atoms with E-state index in [1.807, 2.05) is 26.0 Å². The van der Waals surface area contributed by atoms with Gasteiger partial charge in [-0.05, 0) is 18.1 Å². The largest absolute Gasteiger partial charge is 0.497 e. The number of amides is 2. The van der Waals surface area contributed by atoms with Gasteiger partial charge in [-0.1, -0.05) is 36.2 Å². The number of carbonyl (C=O) groups is 2. The Hall–Kier alpha value is -1.56. The summed E-state index contributed by atoms with van der Waals surface area (Å²) in [7, 11) is 1.57. The van der Waals surface area contributed by atoms with Gasteiger partial charge in [-0.2, -0.15) is 0 Å². The number of rotatable bonds is 4. The summed E-state index contributed by atoms with van der Waals surface area (Å²) in [5.74, 6) is 0.513. The lowest BCUT2D eigenvalue weighted by atomic mass is 9.96. The van der Waals surface area contributed by atoms with Gasteiger partial charge in [0, 0.05) is 16.2 Å². The van der Waals surface area contributed by atoms with E-state index < -0.39 is 6.04 Å². The highest BCUT2D eigenvalue weighted by molar-refractivity contribution is 9.10. The molecule has 1 aromatic rings. The van der Waals surface area contributed by atoms with Crippen molar-refractivity contribution in [1.29, 1.82) is 0 Å². The lowest BCUT2D eigenvalue weighted by Gasteiger charge is -2.35. The first-order valence-corrected chi connectivity index (χ1v) is 7.71. The normalized spacial score (nSPS) is 20.2. The van der Waals surface area contributed by atoms with Crippen LogP contribution in [0, 0.1) is 5.92 Å². The van der Waals surface area contributed by atoms with E-state index in [1.165, 1.54) is 4.90 Å². The third kappa shape index (κ3) is 3.37. The van der Waals surface area contributed by atoms with Gasteiger partial charge in [0.05, 0.1) is 7.11 Å². The summed E-state index contributed by atoms with van der Waals surface area (Å²) >= 11 is 3.39. The van der Waals surface area contributed by atoms with Crippen molar-refractivity contribution in [2.45, 2.75) is 26.3 Å². The molecule has 1 saturated heterocycles. The maximum absolute atomic E-state index is 12.6. The van der Waals surface area contributed by atoms with Crippen molar-refractivity contribution in [3.8, 4) is 5.75 Å². The van der Waals surface area contributed by atoms with Crippen molar-refractivity contribution in [2.24, 2.45) is 5.92 Å². The SMILES string of the molecule is CCC(C)C1NC(=O)CN(c2cc(Br)cc(OC)c2)C1=O. The number of ether oxygens (including phenoxy) is 1. The molecule has 21 heavy (non-hydrogen) atoms. The van der Waals surface area contributed by atoms with Crippen molar-refractivity contribution < 1.29 is 14.3 Å². The van der Waals surface area contributed by atoms with Gasteiger partial charge < -0.3 is 15.0 Å². The van der Waals surface area contributed by atoms with E-state index in [0.717, 1.165) is 10.9 Å². The van der Waals surface area contributed by atoms with Crippen LogP contribution in [0.3, 0.4) is 0 Å². The Morgan fingerprint density at radius 3 is 2.76 bits per heavy atom. The predicted octanol–water partition coefficient (Wildman–Crippen LogP) is 2.34. The quantitative estimate of drug-likeness (QED) is 0.902. The molecule has 0 aromatic heterocycles. The fraction of sp³-hybridized carbons (Fsp3) is 0.467. The molecule has 0 aliphatic carbocycles. The van der Waals surface area contributed by atoms with E-state index in [2.05, 4.69) is 21.2 Å². The Labute approximate surface area is 132 Å². The molecular weight excluding hydrogens is 336 g/mol. The fourth-order valence-corrected chi connectivity index (χ4v) is 2.79. The van der Waals surface area contributed by atoms with Gasteiger partial charge in [0.25, 0.3) is 0 Å². The molecule has 0 radical (unpaired) electrons. The monoisotopic (exact) mass is 354 g/mol. The molecule has 1 aliphatic rings. The van der Waals surface area contributed by atoms with Crippen LogP contribution in [-0.4, -0.2) is 31.5 Å². The summed E-state index contributed by atoms with van der Waals surface area (Å²) in [6, 6.07) is 4.91. The number of benzene rings is 1. The molecule has 0 spiro atoms. The topological polar surface area (TPSA) is 58.6 Å². The molecule has 2 rings (SSSR count). The molecule has 1 aliphatic heterocycles. The van der Waals surface area contributed by atoms with Gasteiger partial charge in [-0.25, -0.2) is 0 Å². The van der Waals surface area contributed by atoms with Crippen LogP contribution in [0.25, 0.3) is 0 Å². The van der Waals surface area contributed by atoms with Crippen LogP contribution in [0.4, 0.5) is 5.69 Å². The summed E-state index contributed by atoms with van der Waals surface area (Å²) in [6.45, 7) is 4.00. The molecule has 2 amide bonds. The molecule has 2 atom stereocenters. The van der Waals surface area contributed by atoms with Gasteiger partial charge in [0.2, 0.25) is 11.8 Å². The Morgan fingerprint density at radius 1 is 1.43 bits per heavy atom. The number of nitrogens with one attached hydrogen (secondary N) is 1. The summed E-state index contributed by atoms with van der Waals surface area (Å²) in [4.78, 5) is 26.1. The maximum atomic E-state index is 12.6. The molecule has 5 nitrogen and oxygen atoms in total. The number of hydrogen-bond donors (Lipinski definition) is 1. The van der Waals surface area contributed by atoms with E-state index in [4.69, 9.17) is 4.74 Å². The van der Waals surface area contributed by atoms with E-state index in [1.54, 1.807) is 13.2 Å². The number of halogens is 1. The molecule has 0 saturated carbocycles. The van der Waals surface area contributed by atoms with Crippen LogP contribution in [-0.2, 0) is 9.59 Å². The highest BCUT2D eigenvalue weighted by atomic mass is 79.9. The average molecular weight is 355 g/mol. The summed E-state index contributed by atoms with van der Waals surface area (Å²) in [5, 5.41) is 2.79. The van der Waals surface area contributed by atoms with Crippen molar-refractivity contribution in [1.82, 2.24) is 5.32 Å². The number of methoxy groups -OCH3 is 1. The van der Waals surface area contributed by atoms with Gasteiger partial charge >= 0.3 is 0 Å². The standard InChI is InChI=1S/C15H19BrN2O3/c1-4-9(2)14-15(20)18(8-13(19)17-14)11-5-10(16)6-12(7-11)21-3/h5-7,9,14H,4,8H2,1-3H3,(H,17,19). The molecule has 114 valence electrons. The molecule has 0 bridgehead atoms. The average Bonchev–Trinajstić information content (AvgIpc) is 2.47. The predicted molar refractivity (Wildman–Crippen MR) is 84.4 cm³/mol. The maximum Gasteiger partial charge on any atom is 0.250 e. The van der Waals surface area contributed by atoms with Crippen LogP contribution in [0.1, 0.15) is 20.3 Å². The molecular formula is C15H19BrN2O3. The van der Waals surface area contributed by atoms with Gasteiger partial charge in [0.1, 0.15) is 18.3 Å². The van der Waals surface area contributed by atoms with Crippen LogP contribution in [0.15, 0.2) is 22.7 Å². The number of nitrogens with zero attached hydrogens (tertiary/aromatic N) is 1. The van der Waals surface area contributed by atoms with Crippen molar-refractivity contribution in [3.63, 3.8) is 0 Å². The van der Waals surface area contributed by atoms with Crippen molar-refractivity contribution in [3.05, 3.63) is 22.7 Å². The molecule has 1 heterocycles. The fourth-order valence-electron chi connectivity index (χ4n) is 2.33. The lowest BCUT2D eigenvalue weighted by Crippen LogP contribution is -2.60. The Balaban J connectivity index is 2.35. The second-order valence-electron chi connectivity index (χ2n) is 5.20. The van der Waals surface area contributed by atoms with Crippen LogP contribution >= 0.6 is 15.9 Å². The summed E-state index contributed by atoms with van der Waals surface area (Å²) in [5.41, 5.74) is 0.661. The number of anilines is 1.